The summed E-state index contributed by atoms with van der Waals surface area (Å²) >= 11 is 6.47. The molecule has 6 nitrogen and oxygen atoms in total. The summed E-state index contributed by atoms with van der Waals surface area (Å²) in [5.74, 6) is -0.256. The van der Waals surface area contributed by atoms with Crippen LogP contribution in [0.5, 0.6) is 0 Å². The number of rotatable bonds is 6. The largest absolute Gasteiger partial charge is 0.350 e. The van der Waals surface area contributed by atoms with Gasteiger partial charge in [-0.2, -0.15) is 4.98 Å². The van der Waals surface area contributed by atoms with Crippen LogP contribution in [0.1, 0.15) is 12.0 Å². The van der Waals surface area contributed by atoms with Gasteiger partial charge < -0.3 is 15.2 Å². The van der Waals surface area contributed by atoms with Crippen LogP contribution >= 0.6 is 11.6 Å². The third kappa shape index (κ3) is 4.03. The van der Waals surface area contributed by atoms with Crippen molar-refractivity contribution in [1.29, 1.82) is 0 Å². The summed E-state index contributed by atoms with van der Waals surface area (Å²) in [4.78, 5) is 13.7. The van der Waals surface area contributed by atoms with Crippen molar-refractivity contribution in [3.63, 3.8) is 0 Å². The summed E-state index contributed by atoms with van der Waals surface area (Å²) in [5, 5.41) is 7.00. The average Bonchev–Trinajstić information content (AvgIpc) is 3.43. The number of nitrogens with one attached hydrogen (secondary N) is 2. The van der Waals surface area contributed by atoms with Crippen molar-refractivity contribution in [2.45, 2.75) is 19.5 Å². The Morgan fingerprint density at radius 1 is 1.12 bits per heavy atom. The molecular weight excluding hydrogens is 434 g/mol. The Morgan fingerprint density at radius 2 is 2.00 bits per heavy atom. The van der Waals surface area contributed by atoms with Gasteiger partial charge in [-0.15, -0.1) is 0 Å². The number of hydrogen-bond donors (Lipinski definition) is 2. The minimum atomic E-state index is -0.881. The molecule has 1 atom stereocenters. The molecule has 1 unspecified atom stereocenters. The molecule has 0 amide bonds. The van der Waals surface area contributed by atoms with E-state index in [0.717, 1.165) is 43.5 Å². The Balaban J connectivity index is 1.52. The minimum Gasteiger partial charge on any atom is -0.350 e. The van der Waals surface area contributed by atoms with Crippen LogP contribution in [-0.2, 0) is 13.1 Å². The van der Waals surface area contributed by atoms with Crippen LogP contribution in [0.4, 0.5) is 14.7 Å². The van der Waals surface area contributed by atoms with Crippen molar-refractivity contribution < 1.29 is 8.78 Å². The van der Waals surface area contributed by atoms with Gasteiger partial charge in [0.25, 0.3) is 0 Å². The summed E-state index contributed by atoms with van der Waals surface area (Å²) in [5.41, 5.74) is 2.35. The monoisotopic (exact) mass is 454 g/mol. The molecule has 164 valence electrons. The Bertz CT molecular complexity index is 1270. The second-order valence-electron chi connectivity index (χ2n) is 7.85. The van der Waals surface area contributed by atoms with Crippen LogP contribution in [0.3, 0.4) is 0 Å². The fraction of sp³-hybridized carbons (Fsp3) is 0.261. The number of imidazole rings is 1. The molecule has 0 spiro atoms. The van der Waals surface area contributed by atoms with Crippen LogP contribution in [0, 0.1) is 17.6 Å². The predicted octanol–water partition coefficient (Wildman–Crippen LogP) is 4.65. The molecule has 32 heavy (non-hydrogen) atoms. The molecule has 5 rings (SSSR count). The van der Waals surface area contributed by atoms with Gasteiger partial charge in [-0.3, -0.25) is 0 Å². The number of fused-ring (bicyclic) bond motifs is 1. The van der Waals surface area contributed by atoms with Crippen molar-refractivity contribution >= 4 is 28.7 Å². The molecule has 0 bridgehead atoms. The highest BCUT2D eigenvalue weighted by Gasteiger charge is 2.22. The highest BCUT2D eigenvalue weighted by molar-refractivity contribution is 6.33. The highest BCUT2D eigenvalue weighted by Crippen LogP contribution is 2.31. The summed E-state index contributed by atoms with van der Waals surface area (Å²) in [6.07, 6.45) is 2.70. The number of anilines is 1. The van der Waals surface area contributed by atoms with Crippen molar-refractivity contribution in [2.24, 2.45) is 5.92 Å². The van der Waals surface area contributed by atoms with Crippen LogP contribution < -0.4 is 10.6 Å². The Hall–Kier alpha value is -3.10. The molecule has 0 radical (unpaired) electrons. The number of benzene rings is 2. The lowest BCUT2D eigenvalue weighted by Gasteiger charge is -2.14. The molecule has 0 aliphatic carbocycles. The van der Waals surface area contributed by atoms with Gasteiger partial charge in [-0.05, 0) is 43.6 Å². The SMILES string of the molecule is Fc1cccc(CNc2ncc3nc(-c4ccccc4Cl)n(CC4CCNC4)c3n2)c1F. The molecular formula is C23H21ClF2N6. The van der Waals surface area contributed by atoms with Gasteiger partial charge in [0.1, 0.15) is 11.3 Å². The fourth-order valence-corrected chi connectivity index (χ4v) is 4.23. The molecule has 9 heteroatoms. The first-order valence-corrected chi connectivity index (χ1v) is 10.8. The van der Waals surface area contributed by atoms with Crippen molar-refractivity contribution in [1.82, 2.24) is 24.8 Å². The standard InChI is InChI=1S/C23H21ClF2N6/c24-17-6-2-1-5-16(17)21-30-19-12-29-23(28-11-15-4-3-7-18(25)20(15)26)31-22(19)32(21)13-14-8-9-27-10-14/h1-7,12,14,27H,8-11,13H2,(H,28,29,31). The van der Waals surface area contributed by atoms with Gasteiger partial charge in [0.15, 0.2) is 17.3 Å². The summed E-state index contributed by atoms with van der Waals surface area (Å²) in [7, 11) is 0. The van der Waals surface area contributed by atoms with Crippen molar-refractivity contribution in [2.75, 3.05) is 18.4 Å². The Labute approximate surface area is 188 Å². The fourth-order valence-electron chi connectivity index (χ4n) is 4.01. The molecule has 1 fully saturated rings. The van der Waals surface area contributed by atoms with E-state index in [-0.39, 0.29) is 12.1 Å². The van der Waals surface area contributed by atoms with Gasteiger partial charge in [0.2, 0.25) is 5.95 Å². The first-order valence-electron chi connectivity index (χ1n) is 10.5. The van der Waals surface area contributed by atoms with Crippen LogP contribution in [-0.4, -0.2) is 32.6 Å². The molecule has 1 aliphatic rings. The lowest BCUT2D eigenvalue weighted by atomic mass is 10.1. The maximum absolute atomic E-state index is 14.0. The summed E-state index contributed by atoms with van der Waals surface area (Å²) in [6.45, 7) is 2.71. The van der Waals surface area contributed by atoms with Crippen LogP contribution in [0.25, 0.3) is 22.6 Å². The maximum atomic E-state index is 14.0. The van der Waals surface area contributed by atoms with Crippen molar-refractivity contribution in [3.05, 3.63) is 70.9 Å². The molecule has 3 heterocycles. The first-order chi connectivity index (χ1) is 15.6. The van der Waals surface area contributed by atoms with Crippen LogP contribution in [0.15, 0.2) is 48.7 Å². The lowest BCUT2D eigenvalue weighted by molar-refractivity contribution is 0.490. The topological polar surface area (TPSA) is 67.7 Å². The third-order valence-corrected chi connectivity index (χ3v) is 6.00. The second kappa shape index (κ2) is 8.80. The number of hydrogen-bond acceptors (Lipinski definition) is 5. The predicted molar refractivity (Wildman–Crippen MR) is 120 cm³/mol. The van der Waals surface area contributed by atoms with E-state index in [4.69, 9.17) is 16.6 Å². The van der Waals surface area contributed by atoms with Gasteiger partial charge in [0, 0.05) is 24.2 Å². The number of halogens is 3. The zero-order chi connectivity index (χ0) is 22.1. The molecule has 0 saturated carbocycles. The second-order valence-corrected chi connectivity index (χ2v) is 8.26. The van der Waals surface area contributed by atoms with E-state index in [1.54, 1.807) is 6.20 Å². The van der Waals surface area contributed by atoms with Gasteiger partial charge in [-0.25, -0.2) is 18.7 Å². The van der Waals surface area contributed by atoms with E-state index in [2.05, 4.69) is 25.2 Å². The molecule has 2 N–H and O–H groups in total. The molecule has 1 aliphatic heterocycles. The zero-order valence-corrected chi connectivity index (χ0v) is 17.9. The van der Waals surface area contributed by atoms with Gasteiger partial charge >= 0.3 is 0 Å². The van der Waals surface area contributed by atoms with E-state index in [9.17, 15) is 8.78 Å². The molecule has 1 saturated heterocycles. The van der Waals surface area contributed by atoms with E-state index in [0.29, 0.717) is 28.1 Å². The minimum absolute atomic E-state index is 0.0627. The van der Waals surface area contributed by atoms with Crippen molar-refractivity contribution in [3.8, 4) is 11.4 Å². The van der Waals surface area contributed by atoms with Gasteiger partial charge in [-0.1, -0.05) is 35.9 Å². The molecule has 2 aromatic heterocycles. The zero-order valence-electron chi connectivity index (χ0n) is 17.2. The smallest absolute Gasteiger partial charge is 0.225 e. The maximum Gasteiger partial charge on any atom is 0.225 e. The third-order valence-electron chi connectivity index (χ3n) is 5.67. The average molecular weight is 455 g/mol. The molecule has 4 aromatic rings. The van der Waals surface area contributed by atoms with Crippen LogP contribution in [0.2, 0.25) is 5.02 Å². The van der Waals surface area contributed by atoms with E-state index < -0.39 is 11.6 Å². The van der Waals surface area contributed by atoms with E-state index in [1.165, 1.54) is 12.1 Å². The Kier molecular flexibility index (Phi) is 5.71. The summed E-state index contributed by atoms with van der Waals surface area (Å²) < 4.78 is 29.6. The first kappa shape index (κ1) is 20.8. The quantitative estimate of drug-likeness (QED) is 0.444. The van der Waals surface area contributed by atoms with E-state index >= 15 is 0 Å². The summed E-state index contributed by atoms with van der Waals surface area (Å²) in [6, 6.07) is 11.7. The van der Waals surface area contributed by atoms with Gasteiger partial charge in [0.05, 0.1) is 11.2 Å². The number of nitrogens with zero attached hydrogens (tertiary/aromatic N) is 4. The normalized spacial score (nSPS) is 16.0. The number of aromatic nitrogens is 4. The lowest BCUT2D eigenvalue weighted by Crippen LogP contribution is -2.16. The van der Waals surface area contributed by atoms with E-state index in [1.807, 2.05) is 24.3 Å². The highest BCUT2D eigenvalue weighted by atomic mass is 35.5. The molecule has 2 aromatic carbocycles. The Morgan fingerprint density at radius 3 is 2.81 bits per heavy atom.